The summed E-state index contributed by atoms with van der Waals surface area (Å²) in [6.07, 6.45) is 3.46. The lowest BCUT2D eigenvalue weighted by atomic mass is 10.0. The summed E-state index contributed by atoms with van der Waals surface area (Å²) < 4.78 is 13.5. The topological polar surface area (TPSA) is 44.9 Å². The fourth-order valence-corrected chi connectivity index (χ4v) is 2.58. The summed E-state index contributed by atoms with van der Waals surface area (Å²) in [5, 5.41) is 3.80. The minimum atomic E-state index is -0.503. The quantitative estimate of drug-likeness (QED) is 0.821. The number of aromatic nitrogens is 1. The van der Waals surface area contributed by atoms with Gasteiger partial charge >= 0.3 is 0 Å². The van der Waals surface area contributed by atoms with Crippen LogP contribution in [-0.4, -0.2) is 23.4 Å². The van der Waals surface area contributed by atoms with Crippen molar-refractivity contribution < 1.29 is 9.18 Å². The van der Waals surface area contributed by atoms with E-state index in [-0.39, 0.29) is 16.8 Å². The van der Waals surface area contributed by atoms with Crippen LogP contribution in [0.25, 0.3) is 10.9 Å². The van der Waals surface area contributed by atoms with Crippen LogP contribution in [0.15, 0.2) is 18.3 Å². The molecule has 18 heavy (non-hydrogen) atoms. The highest BCUT2D eigenvalue weighted by Gasteiger charge is 2.25. The first kappa shape index (κ1) is 11.7. The van der Waals surface area contributed by atoms with Crippen LogP contribution in [0.5, 0.6) is 0 Å². The minimum Gasteiger partial charge on any atom is -0.360 e. The number of halogens is 2. The van der Waals surface area contributed by atoms with Crippen LogP contribution >= 0.6 is 11.6 Å². The second-order valence-corrected chi connectivity index (χ2v) is 4.93. The number of fused-ring (bicyclic) bond motifs is 1. The van der Waals surface area contributed by atoms with Gasteiger partial charge in [0.1, 0.15) is 5.82 Å². The SMILES string of the molecule is O=C(c1c[nH]c2cc(Cl)c(F)cc12)C1CCCN1. The summed E-state index contributed by atoms with van der Waals surface area (Å²) in [4.78, 5) is 15.2. The van der Waals surface area contributed by atoms with Gasteiger partial charge in [0, 0.05) is 22.7 Å². The lowest BCUT2D eigenvalue weighted by Gasteiger charge is -2.07. The Balaban J connectivity index is 2.06. The van der Waals surface area contributed by atoms with E-state index in [1.165, 1.54) is 12.1 Å². The van der Waals surface area contributed by atoms with E-state index in [1.807, 2.05) is 0 Å². The highest BCUT2D eigenvalue weighted by molar-refractivity contribution is 6.31. The number of carbonyl (C=O) groups excluding carboxylic acids is 1. The van der Waals surface area contributed by atoms with Gasteiger partial charge in [-0.2, -0.15) is 0 Å². The Morgan fingerprint density at radius 3 is 3.00 bits per heavy atom. The number of rotatable bonds is 2. The van der Waals surface area contributed by atoms with Gasteiger partial charge in [0.25, 0.3) is 0 Å². The van der Waals surface area contributed by atoms with Crippen LogP contribution < -0.4 is 5.32 Å². The van der Waals surface area contributed by atoms with Crippen molar-refractivity contribution in [2.45, 2.75) is 18.9 Å². The molecule has 1 saturated heterocycles. The van der Waals surface area contributed by atoms with Crippen molar-refractivity contribution in [1.29, 1.82) is 0 Å². The number of nitrogens with one attached hydrogen (secondary N) is 2. The van der Waals surface area contributed by atoms with E-state index in [2.05, 4.69) is 10.3 Å². The van der Waals surface area contributed by atoms with E-state index in [9.17, 15) is 9.18 Å². The molecule has 5 heteroatoms. The van der Waals surface area contributed by atoms with Gasteiger partial charge in [-0.05, 0) is 31.5 Å². The van der Waals surface area contributed by atoms with Gasteiger partial charge in [-0.15, -0.1) is 0 Å². The molecule has 0 radical (unpaired) electrons. The molecule has 1 aliphatic rings. The maximum absolute atomic E-state index is 13.5. The molecule has 1 fully saturated rings. The molecule has 0 saturated carbocycles. The average molecular weight is 267 g/mol. The van der Waals surface area contributed by atoms with Gasteiger partial charge in [-0.1, -0.05) is 11.6 Å². The van der Waals surface area contributed by atoms with Gasteiger partial charge in [0.05, 0.1) is 11.1 Å². The van der Waals surface area contributed by atoms with Gasteiger partial charge in [0.2, 0.25) is 0 Å². The number of aromatic amines is 1. The predicted octanol–water partition coefficient (Wildman–Crippen LogP) is 2.90. The molecule has 2 aromatic rings. The fraction of sp³-hybridized carbons (Fsp3) is 0.308. The summed E-state index contributed by atoms with van der Waals surface area (Å²) in [7, 11) is 0. The molecule has 2 N–H and O–H groups in total. The van der Waals surface area contributed by atoms with Crippen molar-refractivity contribution in [1.82, 2.24) is 10.3 Å². The zero-order chi connectivity index (χ0) is 12.7. The van der Waals surface area contributed by atoms with E-state index < -0.39 is 5.82 Å². The minimum absolute atomic E-state index is 0.0143. The second kappa shape index (κ2) is 4.37. The van der Waals surface area contributed by atoms with Crippen molar-refractivity contribution in [2.24, 2.45) is 0 Å². The molecule has 1 unspecified atom stereocenters. The molecule has 3 rings (SSSR count). The third-order valence-corrected chi connectivity index (χ3v) is 3.65. The van der Waals surface area contributed by atoms with E-state index in [0.29, 0.717) is 16.5 Å². The summed E-state index contributed by atoms with van der Waals surface area (Å²) in [6.45, 7) is 0.860. The molecular formula is C13H12ClFN2O. The van der Waals surface area contributed by atoms with Gasteiger partial charge < -0.3 is 10.3 Å². The number of hydrogen-bond donors (Lipinski definition) is 2. The zero-order valence-electron chi connectivity index (χ0n) is 9.59. The van der Waals surface area contributed by atoms with Crippen LogP contribution in [0.4, 0.5) is 4.39 Å². The molecule has 1 aromatic heterocycles. The molecule has 1 aromatic carbocycles. The number of ketones is 1. The maximum atomic E-state index is 13.5. The number of hydrogen-bond acceptors (Lipinski definition) is 2. The summed E-state index contributed by atoms with van der Waals surface area (Å²) in [5.74, 6) is -0.488. The molecule has 0 aliphatic carbocycles. The summed E-state index contributed by atoms with van der Waals surface area (Å²) >= 11 is 5.71. The first-order valence-electron chi connectivity index (χ1n) is 5.90. The van der Waals surface area contributed by atoms with Gasteiger partial charge in [0.15, 0.2) is 5.78 Å². The first-order chi connectivity index (χ1) is 8.66. The first-order valence-corrected chi connectivity index (χ1v) is 6.28. The third-order valence-electron chi connectivity index (χ3n) is 3.36. The van der Waals surface area contributed by atoms with Crippen molar-refractivity contribution in [2.75, 3.05) is 6.54 Å². The summed E-state index contributed by atoms with van der Waals surface area (Å²) in [6, 6.07) is 2.67. The molecule has 0 spiro atoms. The number of benzene rings is 1. The Morgan fingerprint density at radius 1 is 1.44 bits per heavy atom. The largest absolute Gasteiger partial charge is 0.360 e. The standard InChI is InChI=1S/C13H12ClFN2O/c14-9-5-12-7(4-10(9)15)8(6-17-12)13(18)11-2-1-3-16-11/h4-6,11,16-17H,1-3H2. The number of H-pyrrole nitrogens is 1. The van der Waals surface area contributed by atoms with Crippen LogP contribution in [-0.2, 0) is 0 Å². The summed E-state index contributed by atoms with van der Waals surface area (Å²) in [5.41, 5.74) is 1.21. The number of Topliss-reactive ketones (excluding diaryl/α,β-unsaturated/α-hetero) is 1. The van der Waals surface area contributed by atoms with Crippen molar-refractivity contribution >= 4 is 28.3 Å². The molecule has 94 valence electrons. The normalized spacial score (nSPS) is 19.6. The third kappa shape index (κ3) is 1.82. The molecular weight excluding hydrogens is 255 g/mol. The van der Waals surface area contributed by atoms with E-state index in [1.54, 1.807) is 6.20 Å². The van der Waals surface area contributed by atoms with E-state index in [0.717, 1.165) is 19.4 Å². The zero-order valence-corrected chi connectivity index (χ0v) is 10.4. The van der Waals surface area contributed by atoms with Gasteiger partial charge in [-0.25, -0.2) is 4.39 Å². The Bertz CT molecular complexity index is 617. The Morgan fingerprint density at radius 2 is 2.28 bits per heavy atom. The van der Waals surface area contributed by atoms with E-state index in [4.69, 9.17) is 11.6 Å². The van der Waals surface area contributed by atoms with Crippen LogP contribution in [0.1, 0.15) is 23.2 Å². The van der Waals surface area contributed by atoms with Crippen LogP contribution in [0.3, 0.4) is 0 Å². The molecule has 0 bridgehead atoms. The van der Waals surface area contributed by atoms with Crippen molar-refractivity contribution in [3.63, 3.8) is 0 Å². The Hall–Kier alpha value is -1.39. The fourth-order valence-electron chi connectivity index (χ4n) is 2.42. The van der Waals surface area contributed by atoms with Crippen molar-refractivity contribution in [3.8, 4) is 0 Å². The molecule has 3 nitrogen and oxygen atoms in total. The Labute approximate surface area is 108 Å². The highest BCUT2D eigenvalue weighted by atomic mass is 35.5. The lowest BCUT2D eigenvalue weighted by Crippen LogP contribution is -2.30. The molecule has 1 aliphatic heterocycles. The van der Waals surface area contributed by atoms with Gasteiger partial charge in [-0.3, -0.25) is 4.79 Å². The molecule has 2 heterocycles. The monoisotopic (exact) mass is 266 g/mol. The molecule has 1 atom stereocenters. The average Bonchev–Trinajstić information content (AvgIpc) is 2.98. The lowest BCUT2D eigenvalue weighted by molar-refractivity contribution is 0.0954. The van der Waals surface area contributed by atoms with Crippen molar-refractivity contribution in [3.05, 3.63) is 34.7 Å². The second-order valence-electron chi connectivity index (χ2n) is 4.53. The Kier molecular flexibility index (Phi) is 2.84. The molecule has 0 amide bonds. The predicted molar refractivity (Wildman–Crippen MR) is 68.6 cm³/mol. The van der Waals surface area contributed by atoms with Crippen LogP contribution in [0, 0.1) is 5.82 Å². The smallest absolute Gasteiger partial charge is 0.181 e. The maximum Gasteiger partial charge on any atom is 0.181 e. The van der Waals surface area contributed by atoms with Crippen LogP contribution in [0.2, 0.25) is 5.02 Å². The highest BCUT2D eigenvalue weighted by Crippen LogP contribution is 2.26. The van der Waals surface area contributed by atoms with E-state index >= 15 is 0 Å². The number of carbonyl (C=O) groups is 1.